The summed E-state index contributed by atoms with van der Waals surface area (Å²) >= 11 is 0. The molecule has 0 spiro atoms. The summed E-state index contributed by atoms with van der Waals surface area (Å²) in [5.41, 5.74) is 0.0939. The molecule has 7 heteroatoms. The molecule has 112 valence electrons. The topological polar surface area (TPSA) is 46.2 Å². The van der Waals surface area contributed by atoms with E-state index >= 15 is 0 Å². The van der Waals surface area contributed by atoms with Crippen LogP contribution in [0.5, 0.6) is 0 Å². The van der Waals surface area contributed by atoms with Crippen molar-refractivity contribution in [3.05, 3.63) is 35.4 Å². The molecule has 0 aromatic heterocycles. The molecule has 1 aromatic carbocycles. The highest BCUT2D eigenvalue weighted by Gasteiger charge is 2.30. The van der Waals surface area contributed by atoms with Crippen molar-refractivity contribution in [3.63, 3.8) is 0 Å². The monoisotopic (exact) mass is 307 g/mol. The van der Waals surface area contributed by atoms with Crippen LogP contribution in [0, 0.1) is 0 Å². The van der Waals surface area contributed by atoms with Gasteiger partial charge in [0.2, 0.25) is 0 Å². The molecular weight excluding hydrogens is 291 g/mol. The molecule has 0 saturated carbocycles. The standard InChI is InChI=1S/C13H16F3NO2S/c14-13(15,16)11-3-1-10(2-4-11)9-17-12-5-7-20(18,19)8-6-12/h1-4,12,17H,5-9H2. The fraction of sp³-hybridized carbons (Fsp3) is 0.538. The smallest absolute Gasteiger partial charge is 0.310 e. The molecule has 3 nitrogen and oxygen atoms in total. The van der Waals surface area contributed by atoms with Gasteiger partial charge < -0.3 is 5.32 Å². The third-order valence-electron chi connectivity index (χ3n) is 3.43. The Morgan fingerprint density at radius 1 is 1.10 bits per heavy atom. The van der Waals surface area contributed by atoms with E-state index in [1.165, 1.54) is 12.1 Å². The van der Waals surface area contributed by atoms with Crippen molar-refractivity contribution in [1.82, 2.24) is 5.32 Å². The summed E-state index contributed by atoms with van der Waals surface area (Å²) in [5, 5.41) is 3.19. The lowest BCUT2D eigenvalue weighted by atomic mass is 10.1. The molecule has 1 aliphatic heterocycles. The second-order valence-electron chi connectivity index (χ2n) is 5.00. The van der Waals surface area contributed by atoms with Crippen molar-refractivity contribution >= 4 is 9.84 Å². The fourth-order valence-electron chi connectivity index (χ4n) is 2.17. The van der Waals surface area contributed by atoms with Gasteiger partial charge in [0.25, 0.3) is 0 Å². The summed E-state index contributed by atoms with van der Waals surface area (Å²) in [5.74, 6) is 0.357. The van der Waals surface area contributed by atoms with Gasteiger partial charge in [-0.1, -0.05) is 12.1 Å². The Morgan fingerprint density at radius 3 is 2.15 bits per heavy atom. The Hall–Kier alpha value is -1.08. The van der Waals surface area contributed by atoms with Crippen molar-refractivity contribution in [2.45, 2.75) is 31.6 Å². The van der Waals surface area contributed by atoms with Crippen molar-refractivity contribution in [2.24, 2.45) is 0 Å². The average molecular weight is 307 g/mol. The second-order valence-corrected chi connectivity index (χ2v) is 7.31. The number of hydrogen-bond acceptors (Lipinski definition) is 3. The van der Waals surface area contributed by atoms with Gasteiger partial charge in [-0.2, -0.15) is 13.2 Å². The molecule has 0 bridgehead atoms. The molecule has 0 aliphatic carbocycles. The average Bonchev–Trinajstić information content (AvgIpc) is 2.37. The zero-order valence-electron chi connectivity index (χ0n) is 10.8. The Balaban J connectivity index is 1.86. The minimum atomic E-state index is -4.32. The first-order chi connectivity index (χ1) is 9.26. The van der Waals surface area contributed by atoms with Crippen LogP contribution < -0.4 is 5.32 Å². The van der Waals surface area contributed by atoms with E-state index in [1.807, 2.05) is 0 Å². The summed E-state index contributed by atoms with van der Waals surface area (Å²) in [4.78, 5) is 0. The minimum absolute atomic E-state index is 0.112. The van der Waals surface area contributed by atoms with E-state index in [1.54, 1.807) is 0 Å². The molecule has 1 aromatic rings. The molecule has 20 heavy (non-hydrogen) atoms. The van der Waals surface area contributed by atoms with Gasteiger partial charge in [0.1, 0.15) is 9.84 Å². The zero-order chi connectivity index (χ0) is 14.8. The number of halogens is 3. The van der Waals surface area contributed by atoms with Gasteiger partial charge in [0.15, 0.2) is 0 Å². The predicted molar refractivity (Wildman–Crippen MR) is 70.0 cm³/mol. The van der Waals surface area contributed by atoms with E-state index in [0.29, 0.717) is 19.4 Å². The van der Waals surface area contributed by atoms with E-state index < -0.39 is 21.6 Å². The van der Waals surface area contributed by atoms with Gasteiger partial charge in [-0.25, -0.2) is 8.42 Å². The Labute approximate surface area is 116 Å². The van der Waals surface area contributed by atoms with E-state index in [9.17, 15) is 21.6 Å². The van der Waals surface area contributed by atoms with Crippen LogP contribution in [0.2, 0.25) is 0 Å². The van der Waals surface area contributed by atoms with E-state index in [0.717, 1.165) is 17.7 Å². The van der Waals surface area contributed by atoms with Crippen LogP contribution in [0.4, 0.5) is 13.2 Å². The van der Waals surface area contributed by atoms with Crippen molar-refractivity contribution in [2.75, 3.05) is 11.5 Å². The van der Waals surface area contributed by atoms with Gasteiger partial charge in [-0.15, -0.1) is 0 Å². The lowest BCUT2D eigenvalue weighted by molar-refractivity contribution is -0.137. The first kappa shape index (κ1) is 15.3. The van der Waals surface area contributed by atoms with Gasteiger partial charge >= 0.3 is 6.18 Å². The predicted octanol–water partition coefficient (Wildman–Crippen LogP) is 2.37. The van der Waals surface area contributed by atoms with Crippen LogP contribution >= 0.6 is 0 Å². The van der Waals surface area contributed by atoms with Crippen LogP contribution in [0.15, 0.2) is 24.3 Å². The van der Waals surface area contributed by atoms with Gasteiger partial charge in [0.05, 0.1) is 17.1 Å². The second kappa shape index (κ2) is 5.73. The maximum Gasteiger partial charge on any atom is 0.416 e. The van der Waals surface area contributed by atoms with Crippen LogP contribution in [0.3, 0.4) is 0 Å². The van der Waals surface area contributed by atoms with Gasteiger partial charge in [-0.05, 0) is 30.5 Å². The fourth-order valence-corrected chi connectivity index (χ4v) is 3.66. The number of hydrogen-bond donors (Lipinski definition) is 1. The van der Waals surface area contributed by atoms with E-state index in [4.69, 9.17) is 0 Å². The molecule has 0 atom stereocenters. The number of nitrogens with one attached hydrogen (secondary N) is 1. The first-order valence-corrected chi connectivity index (χ1v) is 8.18. The van der Waals surface area contributed by atoms with Crippen LogP contribution in [-0.2, 0) is 22.6 Å². The van der Waals surface area contributed by atoms with E-state index in [-0.39, 0.29) is 17.5 Å². The summed E-state index contributed by atoms with van der Waals surface area (Å²) in [7, 11) is -2.89. The Bertz CT molecular complexity index is 538. The number of alkyl halides is 3. The third-order valence-corrected chi connectivity index (χ3v) is 5.15. The molecule has 1 saturated heterocycles. The largest absolute Gasteiger partial charge is 0.416 e. The van der Waals surface area contributed by atoms with Crippen LogP contribution in [-0.4, -0.2) is 26.0 Å². The SMILES string of the molecule is O=S1(=O)CCC(NCc2ccc(C(F)(F)F)cc2)CC1. The molecule has 0 radical (unpaired) electrons. The highest BCUT2D eigenvalue weighted by Crippen LogP contribution is 2.29. The maximum atomic E-state index is 12.4. The molecule has 0 amide bonds. The third kappa shape index (κ3) is 4.21. The molecular formula is C13H16F3NO2S. The molecule has 1 aliphatic rings. The quantitative estimate of drug-likeness (QED) is 0.932. The number of benzene rings is 1. The molecule has 1 heterocycles. The Morgan fingerprint density at radius 2 is 1.65 bits per heavy atom. The molecule has 0 unspecified atom stereocenters. The van der Waals surface area contributed by atoms with Crippen LogP contribution in [0.25, 0.3) is 0 Å². The summed E-state index contributed by atoms with van der Waals surface area (Å²) in [6, 6.07) is 5.11. The first-order valence-electron chi connectivity index (χ1n) is 6.36. The normalized spacial score (nSPS) is 19.9. The zero-order valence-corrected chi connectivity index (χ0v) is 11.6. The lowest BCUT2D eigenvalue weighted by Crippen LogP contribution is -2.37. The summed E-state index contributed by atoms with van der Waals surface area (Å²) in [6.07, 6.45) is -3.20. The maximum absolute atomic E-state index is 12.4. The summed E-state index contributed by atoms with van der Waals surface area (Å²) < 4.78 is 59.7. The highest BCUT2D eigenvalue weighted by atomic mass is 32.2. The summed E-state index contributed by atoms with van der Waals surface area (Å²) in [6.45, 7) is 0.447. The van der Waals surface area contributed by atoms with Gasteiger partial charge in [-0.3, -0.25) is 0 Å². The Kier molecular flexibility index (Phi) is 4.39. The molecule has 2 rings (SSSR count). The minimum Gasteiger partial charge on any atom is -0.310 e. The molecule has 1 fully saturated rings. The molecule has 1 N–H and O–H groups in total. The van der Waals surface area contributed by atoms with Gasteiger partial charge in [0, 0.05) is 12.6 Å². The van der Waals surface area contributed by atoms with E-state index in [2.05, 4.69) is 5.32 Å². The van der Waals surface area contributed by atoms with Crippen molar-refractivity contribution < 1.29 is 21.6 Å². The lowest BCUT2D eigenvalue weighted by Gasteiger charge is -2.23. The highest BCUT2D eigenvalue weighted by molar-refractivity contribution is 7.91. The van der Waals surface area contributed by atoms with Crippen molar-refractivity contribution in [3.8, 4) is 0 Å². The number of sulfone groups is 1. The van der Waals surface area contributed by atoms with Crippen LogP contribution in [0.1, 0.15) is 24.0 Å². The van der Waals surface area contributed by atoms with Crippen molar-refractivity contribution in [1.29, 1.82) is 0 Å². The number of rotatable bonds is 3.